The van der Waals surface area contributed by atoms with Crippen molar-refractivity contribution < 1.29 is 14.3 Å². The second-order valence-corrected chi connectivity index (χ2v) is 6.32. The third-order valence-corrected chi connectivity index (χ3v) is 4.73. The zero-order valence-electron chi connectivity index (χ0n) is 14.2. The quantitative estimate of drug-likeness (QED) is 0.595. The maximum Gasteiger partial charge on any atom is 0.309 e. The van der Waals surface area contributed by atoms with E-state index in [4.69, 9.17) is 9.47 Å². The molecular formula is C21H21NO3. The van der Waals surface area contributed by atoms with E-state index in [9.17, 15) is 4.79 Å². The lowest BCUT2D eigenvalue weighted by Crippen LogP contribution is -2.37. The zero-order valence-corrected chi connectivity index (χ0v) is 14.2. The van der Waals surface area contributed by atoms with Gasteiger partial charge >= 0.3 is 5.97 Å². The molecule has 0 aromatic heterocycles. The van der Waals surface area contributed by atoms with Crippen LogP contribution in [0.3, 0.4) is 0 Å². The fraction of sp³-hybridized carbons (Fsp3) is 0.286. The van der Waals surface area contributed by atoms with Gasteiger partial charge in [-0.05, 0) is 44.0 Å². The Morgan fingerprint density at radius 3 is 2.40 bits per heavy atom. The van der Waals surface area contributed by atoms with Crippen LogP contribution in [0.2, 0.25) is 0 Å². The van der Waals surface area contributed by atoms with E-state index in [-0.39, 0.29) is 17.9 Å². The minimum Gasteiger partial charge on any atom is -0.466 e. The minimum atomic E-state index is -0.105. The molecule has 1 aliphatic heterocycles. The summed E-state index contributed by atoms with van der Waals surface area (Å²) in [5, 5.41) is 0. The molecule has 0 bridgehead atoms. The fourth-order valence-electron chi connectivity index (χ4n) is 3.60. The normalized spacial score (nSPS) is 21.1. The number of hydrogen-bond donors (Lipinski definition) is 0. The average molecular weight is 335 g/mol. The van der Waals surface area contributed by atoms with Gasteiger partial charge in [0.15, 0.2) is 11.5 Å². The smallest absolute Gasteiger partial charge is 0.309 e. The van der Waals surface area contributed by atoms with Gasteiger partial charge in [-0.15, -0.1) is 0 Å². The van der Waals surface area contributed by atoms with Crippen molar-refractivity contribution in [2.75, 3.05) is 11.5 Å². The van der Waals surface area contributed by atoms with Crippen molar-refractivity contribution >= 4 is 17.3 Å². The monoisotopic (exact) mass is 335 g/mol. The predicted octanol–water partition coefficient (Wildman–Crippen LogP) is 4.83. The Labute approximate surface area is 147 Å². The van der Waals surface area contributed by atoms with Gasteiger partial charge in [-0.3, -0.25) is 4.79 Å². The number of rotatable bonds is 3. The van der Waals surface area contributed by atoms with Gasteiger partial charge in [-0.1, -0.05) is 36.4 Å². The Kier molecular flexibility index (Phi) is 4.18. The fourth-order valence-corrected chi connectivity index (χ4v) is 3.60. The second-order valence-electron chi connectivity index (χ2n) is 6.32. The number of carbonyl (C=O) groups is 1. The Hall–Kier alpha value is -2.75. The molecule has 0 radical (unpaired) electrons. The van der Waals surface area contributed by atoms with Crippen molar-refractivity contribution in [3.8, 4) is 11.5 Å². The molecule has 4 rings (SSSR count). The Morgan fingerprint density at radius 1 is 1.12 bits per heavy atom. The van der Waals surface area contributed by atoms with E-state index in [0.29, 0.717) is 6.61 Å². The highest BCUT2D eigenvalue weighted by atomic mass is 16.5. The molecule has 0 fully saturated rings. The van der Waals surface area contributed by atoms with Crippen molar-refractivity contribution in [2.45, 2.75) is 25.8 Å². The molecule has 0 spiro atoms. The Bertz CT molecular complexity index is 769. The van der Waals surface area contributed by atoms with E-state index in [1.165, 1.54) is 0 Å². The van der Waals surface area contributed by atoms with Crippen LogP contribution in [0.5, 0.6) is 11.5 Å². The summed E-state index contributed by atoms with van der Waals surface area (Å²) in [6.45, 7) is 2.27. The molecule has 4 heteroatoms. The van der Waals surface area contributed by atoms with Crippen molar-refractivity contribution in [3.05, 3.63) is 60.7 Å². The van der Waals surface area contributed by atoms with E-state index in [0.717, 1.165) is 35.7 Å². The largest absolute Gasteiger partial charge is 0.466 e. The van der Waals surface area contributed by atoms with Crippen LogP contribution in [0.15, 0.2) is 60.7 Å². The van der Waals surface area contributed by atoms with Gasteiger partial charge in [0, 0.05) is 0 Å². The minimum absolute atomic E-state index is 0.0920. The molecule has 2 atom stereocenters. The number of allylic oxidation sites excluding steroid dienone is 1. The number of nitrogens with zero attached hydrogens (tertiary/aromatic N) is 1. The molecular weight excluding hydrogens is 314 g/mol. The average Bonchev–Trinajstić information content (AvgIpc) is 2.66. The molecule has 2 aromatic carbocycles. The molecule has 25 heavy (non-hydrogen) atoms. The summed E-state index contributed by atoms with van der Waals surface area (Å²) in [4.78, 5) is 14.5. The third-order valence-electron chi connectivity index (χ3n) is 4.73. The lowest BCUT2D eigenvalue weighted by Gasteiger charge is -2.39. The van der Waals surface area contributed by atoms with E-state index in [1.807, 2.05) is 43.3 Å². The summed E-state index contributed by atoms with van der Waals surface area (Å²) < 4.78 is 11.3. The summed E-state index contributed by atoms with van der Waals surface area (Å²) in [7, 11) is 0. The lowest BCUT2D eigenvalue weighted by molar-refractivity contribution is -0.148. The van der Waals surface area contributed by atoms with E-state index in [2.05, 4.69) is 29.2 Å². The molecule has 0 amide bonds. The van der Waals surface area contributed by atoms with E-state index >= 15 is 0 Å². The van der Waals surface area contributed by atoms with Gasteiger partial charge in [0.05, 0.1) is 29.9 Å². The van der Waals surface area contributed by atoms with E-state index < -0.39 is 0 Å². The first-order valence-electron chi connectivity index (χ1n) is 8.76. The maximum absolute atomic E-state index is 12.2. The summed E-state index contributed by atoms with van der Waals surface area (Å²) in [5.41, 5.74) is 2.06. The molecule has 0 N–H and O–H groups in total. The molecule has 4 nitrogen and oxygen atoms in total. The van der Waals surface area contributed by atoms with Gasteiger partial charge in [-0.25, -0.2) is 0 Å². The van der Waals surface area contributed by atoms with E-state index in [1.54, 1.807) is 0 Å². The highest BCUT2D eigenvalue weighted by Gasteiger charge is 2.33. The van der Waals surface area contributed by atoms with Crippen LogP contribution < -0.4 is 9.64 Å². The van der Waals surface area contributed by atoms with Crippen LogP contribution in [0.4, 0.5) is 11.4 Å². The number of carbonyl (C=O) groups excluding carboxylic acids is 1. The van der Waals surface area contributed by atoms with Crippen LogP contribution in [-0.4, -0.2) is 18.6 Å². The first kappa shape index (κ1) is 15.8. The van der Waals surface area contributed by atoms with Crippen molar-refractivity contribution in [3.63, 3.8) is 0 Å². The zero-order chi connectivity index (χ0) is 17.2. The van der Waals surface area contributed by atoms with Gasteiger partial charge < -0.3 is 14.4 Å². The molecule has 128 valence electrons. The SMILES string of the molecule is CCOC(=O)C1CC=CC(N2c3ccccc3Oc3ccccc32)C1. The van der Waals surface area contributed by atoms with Crippen molar-refractivity contribution in [1.29, 1.82) is 0 Å². The van der Waals surface area contributed by atoms with Gasteiger partial charge in [0.1, 0.15) is 0 Å². The second kappa shape index (κ2) is 6.63. The highest BCUT2D eigenvalue weighted by Crippen LogP contribution is 2.48. The number of fused-ring (bicyclic) bond motifs is 2. The number of ether oxygens (including phenoxy) is 2. The number of benzene rings is 2. The number of esters is 1. The first-order chi connectivity index (χ1) is 12.3. The van der Waals surface area contributed by atoms with Crippen molar-refractivity contribution in [1.82, 2.24) is 0 Å². The Morgan fingerprint density at radius 2 is 1.76 bits per heavy atom. The van der Waals surface area contributed by atoms with Crippen LogP contribution in [0.1, 0.15) is 19.8 Å². The lowest BCUT2D eigenvalue weighted by atomic mass is 9.89. The van der Waals surface area contributed by atoms with Gasteiger partial charge in [0.25, 0.3) is 0 Å². The number of anilines is 2. The predicted molar refractivity (Wildman–Crippen MR) is 97.4 cm³/mol. The molecule has 2 aromatic rings. The molecule has 0 saturated heterocycles. The van der Waals surface area contributed by atoms with Crippen LogP contribution in [-0.2, 0) is 9.53 Å². The van der Waals surface area contributed by atoms with Crippen LogP contribution in [0.25, 0.3) is 0 Å². The number of para-hydroxylation sites is 4. The molecule has 1 heterocycles. The van der Waals surface area contributed by atoms with Crippen LogP contribution >= 0.6 is 0 Å². The number of hydrogen-bond acceptors (Lipinski definition) is 4. The third kappa shape index (κ3) is 2.88. The summed E-state index contributed by atoms with van der Waals surface area (Å²) in [6, 6.07) is 16.2. The Balaban J connectivity index is 1.71. The summed E-state index contributed by atoms with van der Waals surface area (Å²) in [5.74, 6) is 1.48. The van der Waals surface area contributed by atoms with Gasteiger partial charge in [0.2, 0.25) is 0 Å². The molecule has 1 aliphatic carbocycles. The summed E-state index contributed by atoms with van der Waals surface area (Å²) in [6.07, 6.45) is 5.76. The molecule has 2 unspecified atom stereocenters. The first-order valence-corrected chi connectivity index (χ1v) is 8.76. The van der Waals surface area contributed by atoms with Crippen molar-refractivity contribution in [2.24, 2.45) is 5.92 Å². The molecule has 2 aliphatic rings. The highest BCUT2D eigenvalue weighted by molar-refractivity contribution is 5.79. The van der Waals surface area contributed by atoms with Crippen LogP contribution in [0, 0.1) is 5.92 Å². The van der Waals surface area contributed by atoms with Gasteiger partial charge in [-0.2, -0.15) is 0 Å². The standard InChI is InChI=1S/C21H21NO3/c1-2-24-21(23)15-8-7-9-16(14-15)22-17-10-3-5-12-19(17)25-20-13-6-4-11-18(20)22/h3-7,9-13,15-16H,2,8,14H2,1H3. The summed E-state index contributed by atoms with van der Waals surface area (Å²) >= 11 is 0. The topological polar surface area (TPSA) is 38.8 Å². The maximum atomic E-state index is 12.2. The molecule has 0 saturated carbocycles.